The van der Waals surface area contributed by atoms with Gasteiger partial charge in [0.15, 0.2) is 0 Å². The number of benzene rings is 2. The Kier molecular flexibility index (Phi) is 7.82. The molecule has 0 aliphatic heterocycles. The normalized spacial score (nSPS) is 11.2. The smallest absolute Gasteiger partial charge is 0.266 e. The van der Waals surface area contributed by atoms with Gasteiger partial charge in [-0.2, -0.15) is 0 Å². The molecule has 0 saturated heterocycles. The number of nitrogens with one attached hydrogen (secondary N) is 2. The third-order valence-electron chi connectivity index (χ3n) is 3.98. The molecule has 2 aromatic carbocycles. The van der Waals surface area contributed by atoms with Gasteiger partial charge in [0.25, 0.3) is 15.9 Å². The summed E-state index contributed by atoms with van der Waals surface area (Å²) in [5.41, 5.74) is 3.37. The van der Waals surface area contributed by atoms with Gasteiger partial charge in [-0.1, -0.05) is 38.3 Å². The number of carbonyl (C=O) groups is 1. The molecule has 2 N–H and O–H groups in total. The van der Waals surface area contributed by atoms with Crippen LogP contribution in [0.1, 0.15) is 48.5 Å². The molecule has 0 fully saturated rings. The Labute approximate surface area is 161 Å². The number of ether oxygens (including phenoxy) is 1. The molecule has 0 aliphatic rings. The molecule has 0 aromatic heterocycles. The van der Waals surface area contributed by atoms with Crippen LogP contribution in [0.2, 0.25) is 0 Å². The zero-order valence-electron chi connectivity index (χ0n) is 15.7. The highest BCUT2D eigenvalue weighted by Gasteiger charge is 2.15. The summed E-state index contributed by atoms with van der Waals surface area (Å²) in [5, 5.41) is 0. The fraction of sp³-hybridized carbons (Fsp3) is 0.350. The SMILES string of the molecule is CCCCCCOc1ccc(C(=O)NNS(=O)(=O)c2cccc(C)c2)cc1. The molecule has 0 radical (unpaired) electrons. The lowest BCUT2D eigenvalue weighted by Crippen LogP contribution is -2.41. The van der Waals surface area contributed by atoms with E-state index >= 15 is 0 Å². The number of sulfonamides is 1. The van der Waals surface area contributed by atoms with E-state index in [2.05, 4.69) is 17.2 Å². The summed E-state index contributed by atoms with van der Waals surface area (Å²) in [5.74, 6) is 0.143. The number of hydrogen-bond acceptors (Lipinski definition) is 4. The number of carbonyl (C=O) groups excluding carboxylic acids is 1. The van der Waals surface area contributed by atoms with Crippen LogP contribution in [0.3, 0.4) is 0 Å². The Bertz CT molecular complexity index is 849. The summed E-state index contributed by atoms with van der Waals surface area (Å²) in [6.45, 7) is 4.60. The van der Waals surface area contributed by atoms with Crippen molar-refractivity contribution in [2.75, 3.05) is 6.61 Å². The molecule has 0 aliphatic carbocycles. The van der Waals surface area contributed by atoms with Crippen LogP contribution in [0.25, 0.3) is 0 Å². The van der Waals surface area contributed by atoms with Gasteiger partial charge in [0, 0.05) is 5.56 Å². The zero-order chi connectivity index (χ0) is 19.7. The van der Waals surface area contributed by atoms with E-state index in [9.17, 15) is 13.2 Å². The van der Waals surface area contributed by atoms with Crippen LogP contribution in [-0.2, 0) is 10.0 Å². The molecule has 0 saturated carbocycles. The summed E-state index contributed by atoms with van der Waals surface area (Å²) in [6.07, 6.45) is 4.51. The summed E-state index contributed by atoms with van der Waals surface area (Å²) in [6, 6.07) is 13.0. The lowest BCUT2D eigenvalue weighted by molar-refractivity contribution is 0.0945. The van der Waals surface area contributed by atoms with Crippen molar-refractivity contribution in [3.05, 3.63) is 59.7 Å². The highest BCUT2D eigenvalue weighted by molar-refractivity contribution is 7.89. The van der Waals surface area contributed by atoms with E-state index in [-0.39, 0.29) is 4.90 Å². The van der Waals surface area contributed by atoms with Crippen molar-refractivity contribution in [3.8, 4) is 5.75 Å². The van der Waals surface area contributed by atoms with Crippen LogP contribution in [0.15, 0.2) is 53.4 Å². The minimum absolute atomic E-state index is 0.0922. The highest BCUT2D eigenvalue weighted by Crippen LogP contribution is 2.14. The quantitative estimate of drug-likeness (QED) is 0.480. The van der Waals surface area contributed by atoms with Crippen molar-refractivity contribution in [3.63, 3.8) is 0 Å². The van der Waals surface area contributed by atoms with Crippen LogP contribution in [0, 0.1) is 6.92 Å². The standard InChI is InChI=1S/C20H26N2O4S/c1-3-4-5-6-14-26-18-12-10-17(11-13-18)20(23)21-22-27(24,25)19-9-7-8-16(2)15-19/h7-13,15,22H,3-6,14H2,1-2H3,(H,21,23). The minimum Gasteiger partial charge on any atom is -0.494 e. The number of aryl methyl sites for hydroxylation is 1. The molecule has 0 unspecified atom stereocenters. The molecule has 6 nitrogen and oxygen atoms in total. The first-order chi connectivity index (χ1) is 12.9. The first-order valence-electron chi connectivity index (χ1n) is 9.04. The lowest BCUT2D eigenvalue weighted by Gasteiger charge is -2.10. The van der Waals surface area contributed by atoms with E-state index in [0.29, 0.717) is 17.9 Å². The van der Waals surface area contributed by atoms with Gasteiger partial charge in [0.1, 0.15) is 5.75 Å². The third-order valence-corrected chi connectivity index (χ3v) is 5.23. The Morgan fingerprint density at radius 1 is 1.04 bits per heavy atom. The fourth-order valence-electron chi connectivity index (χ4n) is 2.45. The van der Waals surface area contributed by atoms with Crippen molar-refractivity contribution >= 4 is 15.9 Å². The topological polar surface area (TPSA) is 84.5 Å². The van der Waals surface area contributed by atoms with Gasteiger partial charge >= 0.3 is 0 Å². The Morgan fingerprint density at radius 3 is 2.44 bits per heavy atom. The maximum Gasteiger partial charge on any atom is 0.266 e. The molecular weight excluding hydrogens is 364 g/mol. The number of rotatable bonds is 10. The van der Waals surface area contributed by atoms with Crippen molar-refractivity contribution in [1.29, 1.82) is 0 Å². The van der Waals surface area contributed by atoms with Gasteiger partial charge in [-0.25, -0.2) is 8.42 Å². The summed E-state index contributed by atoms with van der Waals surface area (Å²) in [4.78, 5) is 14.4. The Balaban J connectivity index is 1.87. The van der Waals surface area contributed by atoms with Crippen molar-refractivity contribution in [1.82, 2.24) is 10.3 Å². The third kappa shape index (κ3) is 6.69. The number of hydrogen-bond donors (Lipinski definition) is 2. The summed E-state index contributed by atoms with van der Waals surface area (Å²) < 4.78 is 30.1. The second kappa shape index (κ2) is 10.1. The van der Waals surface area contributed by atoms with Crippen LogP contribution in [0.4, 0.5) is 0 Å². The monoisotopic (exact) mass is 390 g/mol. The number of amides is 1. The van der Waals surface area contributed by atoms with Crippen molar-refractivity contribution in [2.24, 2.45) is 0 Å². The van der Waals surface area contributed by atoms with E-state index in [1.807, 2.05) is 0 Å². The molecule has 2 aromatic rings. The van der Waals surface area contributed by atoms with Crippen molar-refractivity contribution < 1.29 is 17.9 Å². The molecule has 0 bridgehead atoms. The van der Waals surface area contributed by atoms with Crippen LogP contribution in [0.5, 0.6) is 5.75 Å². The largest absolute Gasteiger partial charge is 0.494 e. The van der Waals surface area contributed by atoms with E-state index < -0.39 is 15.9 Å². The van der Waals surface area contributed by atoms with Crippen molar-refractivity contribution in [2.45, 2.75) is 44.4 Å². The van der Waals surface area contributed by atoms with Gasteiger partial charge < -0.3 is 4.74 Å². The van der Waals surface area contributed by atoms with E-state index in [1.165, 1.54) is 25.0 Å². The summed E-state index contributed by atoms with van der Waals surface area (Å²) >= 11 is 0. The first-order valence-corrected chi connectivity index (χ1v) is 10.5. The van der Waals surface area contributed by atoms with E-state index in [4.69, 9.17) is 4.74 Å². The van der Waals surface area contributed by atoms with Crippen LogP contribution >= 0.6 is 0 Å². The predicted molar refractivity (Wildman–Crippen MR) is 105 cm³/mol. The maximum atomic E-state index is 12.2. The van der Waals surface area contributed by atoms with Gasteiger partial charge in [0.05, 0.1) is 11.5 Å². The van der Waals surface area contributed by atoms with Crippen LogP contribution < -0.4 is 15.0 Å². The summed E-state index contributed by atoms with van der Waals surface area (Å²) in [7, 11) is -3.82. The van der Waals surface area contributed by atoms with Gasteiger partial charge in [-0.05, 0) is 55.3 Å². The molecular formula is C20H26N2O4S. The predicted octanol–water partition coefficient (Wildman–Crippen LogP) is 3.58. The Morgan fingerprint density at radius 2 is 1.78 bits per heavy atom. The minimum atomic E-state index is -3.82. The molecule has 1 amide bonds. The molecule has 7 heteroatoms. The average molecular weight is 391 g/mol. The average Bonchev–Trinajstić information content (AvgIpc) is 2.66. The second-order valence-electron chi connectivity index (χ2n) is 6.31. The van der Waals surface area contributed by atoms with Gasteiger partial charge in [-0.15, -0.1) is 4.83 Å². The van der Waals surface area contributed by atoms with Crippen LogP contribution in [-0.4, -0.2) is 20.9 Å². The molecule has 0 spiro atoms. The van der Waals surface area contributed by atoms with Gasteiger partial charge in [-0.3, -0.25) is 10.2 Å². The lowest BCUT2D eigenvalue weighted by atomic mass is 10.2. The molecule has 146 valence electrons. The second-order valence-corrected chi connectivity index (χ2v) is 7.99. The van der Waals surface area contributed by atoms with E-state index in [0.717, 1.165) is 18.4 Å². The number of hydrazine groups is 1. The maximum absolute atomic E-state index is 12.2. The zero-order valence-corrected chi connectivity index (χ0v) is 16.5. The highest BCUT2D eigenvalue weighted by atomic mass is 32.2. The molecule has 0 heterocycles. The molecule has 0 atom stereocenters. The first kappa shape index (κ1) is 20.9. The van der Waals surface area contributed by atoms with Gasteiger partial charge in [0.2, 0.25) is 0 Å². The molecule has 2 rings (SSSR count). The van der Waals surface area contributed by atoms with E-state index in [1.54, 1.807) is 43.3 Å². The molecule has 27 heavy (non-hydrogen) atoms. The fourth-order valence-corrected chi connectivity index (χ4v) is 3.39. The number of unbranched alkanes of at least 4 members (excludes halogenated alkanes) is 3. The Hall–Kier alpha value is -2.38.